The monoisotopic (exact) mass is 386 g/mol. The summed E-state index contributed by atoms with van der Waals surface area (Å²) in [6.45, 7) is 0. The van der Waals surface area contributed by atoms with E-state index in [0.29, 0.717) is 11.1 Å². The van der Waals surface area contributed by atoms with Gasteiger partial charge in [-0.3, -0.25) is 4.79 Å². The van der Waals surface area contributed by atoms with Gasteiger partial charge in [0, 0.05) is 10.6 Å². The summed E-state index contributed by atoms with van der Waals surface area (Å²) >= 11 is 1.74. The van der Waals surface area contributed by atoms with Crippen LogP contribution in [0.4, 0.5) is 0 Å². The minimum atomic E-state index is -3.58. The molecule has 1 unspecified atom stereocenters. The summed E-state index contributed by atoms with van der Waals surface area (Å²) in [4.78, 5) is 13.4. The first-order valence-electron chi connectivity index (χ1n) is 8.17. The van der Waals surface area contributed by atoms with E-state index in [0.717, 1.165) is 22.6 Å². The molecule has 0 saturated carbocycles. The van der Waals surface area contributed by atoms with E-state index < -0.39 is 21.5 Å². The van der Waals surface area contributed by atoms with Gasteiger partial charge in [0.25, 0.3) is 0 Å². The van der Waals surface area contributed by atoms with Gasteiger partial charge in [-0.25, -0.2) is 8.42 Å². The van der Waals surface area contributed by atoms with Crippen molar-refractivity contribution < 1.29 is 13.2 Å². The number of sulfone groups is 1. The van der Waals surface area contributed by atoms with E-state index in [2.05, 4.69) is 5.32 Å². The molecule has 2 aromatic rings. The van der Waals surface area contributed by atoms with Crippen molar-refractivity contribution >= 4 is 27.5 Å². The van der Waals surface area contributed by atoms with E-state index >= 15 is 0 Å². The summed E-state index contributed by atoms with van der Waals surface area (Å²) in [5.74, 6) is -0.354. The van der Waals surface area contributed by atoms with Crippen LogP contribution in [0.15, 0.2) is 53.4 Å². The van der Waals surface area contributed by atoms with Gasteiger partial charge in [0.15, 0.2) is 9.84 Å². The van der Waals surface area contributed by atoms with Crippen molar-refractivity contribution in [3.63, 3.8) is 0 Å². The number of nitrogens with zero attached hydrogens (tertiary/aromatic N) is 1. The van der Waals surface area contributed by atoms with Gasteiger partial charge in [0.05, 0.1) is 23.4 Å². The van der Waals surface area contributed by atoms with E-state index in [-0.39, 0.29) is 11.8 Å². The Morgan fingerprint density at radius 2 is 1.92 bits per heavy atom. The van der Waals surface area contributed by atoms with Gasteiger partial charge >= 0.3 is 0 Å². The highest BCUT2D eigenvalue weighted by Crippen LogP contribution is 2.35. The highest BCUT2D eigenvalue weighted by atomic mass is 32.2. The first-order chi connectivity index (χ1) is 12.5. The van der Waals surface area contributed by atoms with Crippen molar-refractivity contribution in [2.45, 2.75) is 23.1 Å². The van der Waals surface area contributed by atoms with Gasteiger partial charge in [-0.05, 0) is 35.7 Å². The van der Waals surface area contributed by atoms with E-state index in [4.69, 9.17) is 5.26 Å². The smallest absolute Gasteiger partial charge is 0.235 e. The molecule has 1 N–H and O–H groups in total. The number of carbonyl (C=O) groups excluding carboxylic acids is 1. The van der Waals surface area contributed by atoms with Crippen LogP contribution in [-0.2, 0) is 20.4 Å². The maximum absolute atomic E-state index is 12.3. The molecule has 0 saturated heterocycles. The number of carbonyl (C=O) groups is 1. The third kappa shape index (κ3) is 4.65. The predicted molar refractivity (Wildman–Crippen MR) is 101 cm³/mol. The second-order valence-electron chi connectivity index (χ2n) is 6.14. The van der Waals surface area contributed by atoms with Crippen LogP contribution < -0.4 is 5.32 Å². The Hall–Kier alpha value is -2.30. The van der Waals surface area contributed by atoms with Crippen LogP contribution in [0.2, 0.25) is 0 Å². The number of benzene rings is 2. The summed E-state index contributed by atoms with van der Waals surface area (Å²) < 4.78 is 24.6. The highest BCUT2D eigenvalue weighted by Gasteiger charge is 2.24. The van der Waals surface area contributed by atoms with E-state index in [9.17, 15) is 13.2 Å². The fourth-order valence-corrected chi connectivity index (χ4v) is 5.32. The fourth-order valence-electron chi connectivity index (χ4n) is 2.91. The highest BCUT2D eigenvalue weighted by molar-refractivity contribution is 7.99. The topological polar surface area (TPSA) is 87.0 Å². The fraction of sp³-hybridized carbons (Fsp3) is 0.263. The van der Waals surface area contributed by atoms with Crippen molar-refractivity contribution in [1.82, 2.24) is 5.32 Å². The Morgan fingerprint density at radius 3 is 2.65 bits per heavy atom. The van der Waals surface area contributed by atoms with E-state index in [1.54, 1.807) is 36.0 Å². The Kier molecular flexibility index (Phi) is 5.64. The summed E-state index contributed by atoms with van der Waals surface area (Å²) in [5, 5.41) is 11.6. The number of thioether (sulfide) groups is 1. The van der Waals surface area contributed by atoms with E-state index in [1.807, 2.05) is 30.3 Å². The van der Waals surface area contributed by atoms with Crippen LogP contribution in [0.25, 0.3) is 0 Å². The molecule has 0 radical (unpaired) electrons. The van der Waals surface area contributed by atoms with Crippen molar-refractivity contribution in [1.29, 1.82) is 5.26 Å². The summed E-state index contributed by atoms with van der Waals surface area (Å²) in [7, 11) is -3.58. The second kappa shape index (κ2) is 7.94. The first-order valence-corrected chi connectivity index (χ1v) is 11.0. The van der Waals surface area contributed by atoms with Crippen LogP contribution in [-0.4, -0.2) is 25.8 Å². The third-order valence-corrected chi connectivity index (χ3v) is 6.71. The average molecular weight is 386 g/mol. The zero-order valence-corrected chi connectivity index (χ0v) is 15.6. The zero-order chi connectivity index (χ0) is 18.6. The molecule has 0 aliphatic carbocycles. The molecule has 2 aromatic carbocycles. The molecule has 26 heavy (non-hydrogen) atoms. The lowest BCUT2D eigenvalue weighted by atomic mass is 10.0. The Morgan fingerprint density at radius 1 is 1.19 bits per heavy atom. The number of fused-ring (bicyclic) bond motifs is 1. The Bertz CT molecular complexity index is 947. The maximum atomic E-state index is 12.3. The van der Waals surface area contributed by atoms with Gasteiger partial charge in [-0.2, -0.15) is 5.26 Å². The molecule has 0 bridgehead atoms. The first kappa shape index (κ1) is 18.5. The van der Waals surface area contributed by atoms with Gasteiger partial charge in [0.1, 0.15) is 5.75 Å². The van der Waals surface area contributed by atoms with Crippen LogP contribution in [0.1, 0.15) is 29.2 Å². The quantitative estimate of drug-likeness (QED) is 0.854. The van der Waals surface area contributed by atoms with Gasteiger partial charge in [0.2, 0.25) is 5.91 Å². The van der Waals surface area contributed by atoms with Crippen LogP contribution in [0, 0.1) is 11.3 Å². The minimum absolute atomic E-state index is 0.148. The number of rotatable bonds is 5. The van der Waals surface area contributed by atoms with Crippen molar-refractivity contribution in [2.75, 3.05) is 11.5 Å². The number of hydrogen-bond donors (Lipinski definition) is 1. The standard InChI is InChI=1S/C19H18N2O3S2/c20-11-14-5-7-15(8-6-14)12-26(23,24)13-19(22)21-17-9-10-25-18-4-2-1-3-16(17)18/h1-8,17H,9-10,12-13H2,(H,21,22). The molecular weight excluding hydrogens is 368 g/mol. The molecule has 0 spiro atoms. The normalized spacial score (nSPS) is 16.3. The van der Waals surface area contributed by atoms with Crippen LogP contribution in [0.3, 0.4) is 0 Å². The average Bonchev–Trinajstić information content (AvgIpc) is 2.62. The predicted octanol–water partition coefficient (Wildman–Crippen LogP) is 2.83. The molecule has 7 heteroatoms. The molecule has 1 heterocycles. The molecule has 5 nitrogen and oxygen atoms in total. The number of nitrogens with one attached hydrogen (secondary N) is 1. The van der Waals surface area contributed by atoms with E-state index in [1.165, 1.54) is 0 Å². The lowest BCUT2D eigenvalue weighted by Gasteiger charge is -2.25. The maximum Gasteiger partial charge on any atom is 0.235 e. The van der Waals surface area contributed by atoms with Gasteiger partial charge in [-0.15, -0.1) is 11.8 Å². The SMILES string of the molecule is N#Cc1ccc(CS(=O)(=O)CC(=O)NC2CCSc3ccccc32)cc1. The molecular formula is C19H18N2O3S2. The van der Waals surface area contributed by atoms with Crippen molar-refractivity contribution in [2.24, 2.45) is 0 Å². The summed E-state index contributed by atoms with van der Waals surface area (Å²) in [5.41, 5.74) is 2.08. The number of amides is 1. The lowest BCUT2D eigenvalue weighted by molar-refractivity contribution is -0.119. The van der Waals surface area contributed by atoms with Gasteiger partial charge < -0.3 is 5.32 Å². The van der Waals surface area contributed by atoms with Gasteiger partial charge in [-0.1, -0.05) is 30.3 Å². The van der Waals surface area contributed by atoms with Crippen molar-refractivity contribution in [3.8, 4) is 6.07 Å². The zero-order valence-electron chi connectivity index (χ0n) is 14.0. The van der Waals surface area contributed by atoms with Crippen LogP contribution in [0.5, 0.6) is 0 Å². The summed E-state index contributed by atoms with van der Waals surface area (Å²) in [6, 6.07) is 16.0. The summed E-state index contributed by atoms with van der Waals surface area (Å²) in [6.07, 6.45) is 0.781. The molecule has 1 aliphatic rings. The Balaban J connectivity index is 1.63. The third-order valence-electron chi connectivity index (χ3n) is 4.11. The molecule has 1 amide bonds. The lowest BCUT2D eigenvalue weighted by Crippen LogP contribution is -2.35. The number of hydrogen-bond acceptors (Lipinski definition) is 5. The largest absolute Gasteiger partial charge is 0.348 e. The second-order valence-corrected chi connectivity index (χ2v) is 9.34. The minimum Gasteiger partial charge on any atom is -0.348 e. The molecule has 1 aliphatic heterocycles. The molecule has 0 fully saturated rings. The molecule has 1 atom stereocenters. The van der Waals surface area contributed by atoms with Crippen molar-refractivity contribution in [3.05, 3.63) is 65.2 Å². The molecule has 0 aromatic heterocycles. The molecule has 134 valence electrons. The molecule has 3 rings (SSSR count). The Labute approximate surface area is 157 Å². The number of nitriles is 1. The van der Waals surface area contributed by atoms with Crippen LogP contribution >= 0.6 is 11.8 Å².